The Morgan fingerprint density at radius 2 is 2.00 bits per heavy atom. The van der Waals surface area contributed by atoms with Crippen molar-refractivity contribution in [3.05, 3.63) is 10.1 Å². The quantitative estimate of drug-likeness (QED) is 0.261. The molecule has 0 aromatic heterocycles. The molecule has 0 unspecified atom stereocenters. The van der Waals surface area contributed by atoms with Gasteiger partial charge in [-0.3, -0.25) is 5.28 Å². The average molecular weight is 168 g/mol. The van der Waals surface area contributed by atoms with Crippen molar-refractivity contribution in [2.75, 3.05) is 26.2 Å². The van der Waals surface area contributed by atoms with E-state index >= 15 is 0 Å². The molecule has 1 aliphatic heterocycles. The van der Waals surface area contributed by atoms with Gasteiger partial charge in [-0.15, -0.1) is 4.91 Å². The summed E-state index contributed by atoms with van der Waals surface area (Å²) in [6.45, 7) is 2.56. The van der Waals surface area contributed by atoms with Crippen molar-refractivity contribution < 1.29 is 29.6 Å². The molecule has 0 aromatic carbocycles. The minimum absolute atomic E-state index is 0. The Labute approximate surface area is 86.7 Å². The van der Waals surface area contributed by atoms with E-state index in [4.69, 9.17) is 0 Å². The molecule has 1 aliphatic rings. The zero-order valence-corrected chi connectivity index (χ0v) is 8.49. The fourth-order valence-corrected chi connectivity index (χ4v) is 0.876. The van der Waals surface area contributed by atoms with E-state index < -0.39 is 0 Å². The van der Waals surface area contributed by atoms with Crippen molar-refractivity contribution in [3.63, 3.8) is 0 Å². The van der Waals surface area contributed by atoms with Crippen molar-refractivity contribution in [2.24, 2.45) is 5.29 Å². The SMILES string of the molecule is O=NN([O-])N1CCNCC1.[Na+]. The summed E-state index contributed by atoms with van der Waals surface area (Å²) < 4.78 is 0. The van der Waals surface area contributed by atoms with Gasteiger partial charge in [0.15, 0.2) is 0 Å². The molecule has 0 aromatic rings. The van der Waals surface area contributed by atoms with Crippen LogP contribution < -0.4 is 34.9 Å². The van der Waals surface area contributed by atoms with Gasteiger partial charge in [-0.2, -0.15) is 0 Å². The Bertz CT molecular complexity index is 119. The second-order valence-electron chi connectivity index (χ2n) is 2.04. The van der Waals surface area contributed by atoms with Crippen LogP contribution in [0.25, 0.3) is 0 Å². The molecule has 1 saturated heterocycles. The maximum Gasteiger partial charge on any atom is 1.00 e. The number of nitrogens with zero attached hydrogens (tertiary/aromatic N) is 3. The largest absolute Gasteiger partial charge is 1.00 e. The third kappa shape index (κ3) is 3.46. The molecule has 11 heavy (non-hydrogen) atoms. The molecule has 1 heterocycles. The second-order valence-corrected chi connectivity index (χ2v) is 2.04. The first-order valence-electron chi connectivity index (χ1n) is 3.10. The van der Waals surface area contributed by atoms with Gasteiger partial charge in [0.2, 0.25) is 0 Å². The predicted octanol–water partition coefficient (Wildman–Crippen LogP) is -3.71. The third-order valence-corrected chi connectivity index (χ3v) is 1.41. The van der Waals surface area contributed by atoms with E-state index in [2.05, 4.69) is 10.6 Å². The van der Waals surface area contributed by atoms with Gasteiger partial charge < -0.3 is 10.5 Å². The molecule has 0 aliphatic carbocycles. The molecule has 0 saturated carbocycles. The normalized spacial score (nSPS) is 18.6. The fourth-order valence-electron chi connectivity index (χ4n) is 0.876. The van der Waals surface area contributed by atoms with Gasteiger partial charge in [-0.25, -0.2) is 5.01 Å². The van der Waals surface area contributed by atoms with Crippen LogP contribution in [0.1, 0.15) is 0 Å². The number of piperazine rings is 1. The van der Waals surface area contributed by atoms with Gasteiger partial charge >= 0.3 is 29.6 Å². The topological polar surface area (TPSA) is 71.0 Å². The smallest absolute Gasteiger partial charge is 0.724 e. The summed E-state index contributed by atoms with van der Waals surface area (Å²) >= 11 is 0. The molecule has 1 rings (SSSR count). The fraction of sp³-hybridized carbons (Fsp3) is 1.00. The summed E-state index contributed by atoms with van der Waals surface area (Å²) in [6.07, 6.45) is 0. The first-order chi connectivity index (χ1) is 4.84. The maximum atomic E-state index is 10.5. The molecule has 0 bridgehead atoms. The molecule has 6 nitrogen and oxygen atoms in total. The zero-order valence-electron chi connectivity index (χ0n) is 6.49. The number of hydrogen-bond donors (Lipinski definition) is 1. The predicted molar refractivity (Wildman–Crippen MR) is 35.4 cm³/mol. The van der Waals surface area contributed by atoms with Crippen LogP contribution in [-0.2, 0) is 0 Å². The summed E-state index contributed by atoms with van der Waals surface area (Å²) in [4.78, 5) is 9.71. The zero-order chi connectivity index (χ0) is 7.40. The Kier molecular flexibility index (Phi) is 6.02. The minimum Gasteiger partial charge on any atom is -0.724 e. The van der Waals surface area contributed by atoms with Crippen molar-refractivity contribution >= 4 is 0 Å². The summed E-state index contributed by atoms with van der Waals surface area (Å²) in [5, 5.41) is 17.2. The summed E-state index contributed by atoms with van der Waals surface area (Å²) in [7, 11) is 0. The van der Waals surface area contributed by atoms with Gasteiger partial charge in [-0.05, 0) is 0 Å². The maximum absolute atomic E-state index is 10.5. The molecule has 0 atom stereocenters. The molecule has 1 fully saturated rings. The van der Waals surface area contributed by atoms with Gasteiger partial charge in [-0.1, -0.05) is 0 Å². The number of nitrogens with one attached hydrogen (secondary N) is 1. The minimum atomic E-state index is 0. The van der Waals surface area contributed by atoms with Crippen LogP contribution in [0.4, 0.5) is 0 Å². The molecule has 0 radical (unpaired) electrons. The van der Waals surface area contributed by atoms with E-state index in [-0.39, 0.29) is 34.8 Å². The second kappa shape index (κ2) is 5.87. The van der Waals surface area contributed by atoms with Crippen LogP contribution in [0.3, 0.4) is 0 Å². The first kappa shape index (κ1) is 11.3. The number of rotatable bonds is 2. The number of nitroso groups, excluding NO2 is 1. The van der Waals surface area contributed by atoms with Crippen molar-refractivity contribution in [1.82, 2.24) is 15.6 Å². The van der Waals surface area contributed by atoms with Gasteiger partial charge in [0, 0.05) is 26.2 Å². The van der Waals surface area contributed by atoms with E-state index in [1.54, 1.807) is 0 Å². The van der Waals surface area contributed by atoms with Crippen LogP contribution in [0.15, 0.2) is 5.29 Å². The van der Waals surface area contributed by atoms with E-state index in [1.807, 2.05) is 0 Å². The third-order valence-electron chi connectivity index (χ3n) is 1.41. The molecule has 0 amide bonds. The Morgan fingerprint density at radius 3 is 2.45 bits per heavy atom. The molecular weight excluding hydrogens is 159 g/mol. The number of hydrazine groups is 1. The van der Waals surface area contributed by atoms with Crippen LogP contribution in [0.2, 0.25) is 0 Å². The molecule has 1 N–H and O–H groups in total. The summed E-state index contributed by atoms with van der Waals surface area (Å²) in [6, 6.07) is 0. The molecule has 7 heteroatoms. The van der Waals surface area contributed by atoms with Crippen LogP contribution in [0.5, 0.6) is 0 Å². The van der Waals surface area contributed by atoms with Crippen LogP contribution in [-0.4, -0.2) is 36.5 Å². The van der Waals surface area contributed by atoms with Crippen molar-refractivity contribution in [1.29, 1.82) is 0 Å². The van der Waals surface area contributed by atoms with Gasteiger partial charge in [0.05, 0.1) is 5.29 Å². The van der Waals surface area contributed by atoms with E-state index in [0.717, 1.165) is 13.1 Å². The first-order valence-corrected chi connectivity index (χ1v) is 3.10. The standard InChI is InChI=1S/C4H9N4O2.Na/c9-6-8(10)7-3-1-5-2-4-7;/h5H,1-4H2;/q-1;+1. The van der Waals surface area contributed by atoms with E-state index in [0.29, 0.717) is 13.1 Å². The van der Waals surface area contributed by atoms with Crippen LogP contribution >= 0.6 is 0 Å². The Morgan fingerprint density at radius 1 is 1.45 bits per heavy atom. The Balaban J connectivity index is 0.000001000. The molecule has 0 spiro atoms. The molecular formula is C4H9N4NaO2. The van der Waals surface area contributed by atoms with E-state index in [9.17, 15) is 10.1 Å². The molecule has 58 valence electrons. The average Bonchev–Trinajstić information content (AvgIpc) is 2.05. The van der Waals surface area contributed by atoms with Crippen molar-refractivity contribution in [2.45, 2.75) is 0 Å². The van der Waals surface area contributed by atoms with Crippen molar-refractivity contribution in [3.8, 4) is 0 Å². The summed E-state index contributed by atoms with van der Waals surface area (Å²) in [5.41, 5.74) is 0. The number of hydrogen-bond acceptors (Lipinski definition) is 5. The Hall–Kier alpha value is 0.280. The summed E-state index contributed by atoms with van der Waals surface area (Å²) in [5.74, 6) is 0. The van der Waals surface area contributed by atoms with E-state index in [1.165, 1.54) is 5.01 Å². The van der Waals surface area contributed by atoms with Crippen LogP contribution in [0, 0.1) is 10.1 Å². The van der Waals surface area contributed by atoms with Gasteiger partial charge in [0.1, 0.15) is 0 Å². The van der Waals surface area contributed by atoms with Gasteiger partial charge in [0.25, 0.3) is 0 Å². The monoisotopic (exact) mass is 168 g/mol.